The number of carbonyl (C=O) groups is 1. The standard InChI is InChI=1S/C9H17NO3.ClH/c1-12-9(11)8(10)13-7-5-3-2-4-6-7;/h7-8H,2-6,10H2,1H3;1H. The van der Waals surface area contributed by atoms with Crippen LogP contribution in [0.3, 0.4) is 0 Å². The van der Waals surface area contributed by atoms with Crippen molar-refractivity contribution in [1.29, 1.82) is 0 Å². The van der Waals surface area contributed by atoms with Crippen LogP contribution in [0.4, 0.5) is 0 Å². The Labute approximate surface area is 90.5 Å². The number of carbonyl (C=O) groups excluding carboxylic acids is 1. The lowest BCUT2D eigenvalue weighted by Gasteiger charge is -2.22. The second-order valence-electron chi connectivity index (χ2n) is 3.41. The first-order chi connectivity index (χ1) is 6.24. The monoisotopic (exact) mass is 223 g/mol. The van der Waals surface area contributed by atoms with Crippen molar-refractivity contribution < 1.29 is 32.4 Å². The zero-order chi connectivity index (χ0) is 9.68. The highest BCUT2D eigenvalue weighted by molar-refractivity contribution is 5.72. The molecule has 1 aliphatic rings. The number of hydrogen-bond donors (Lipinski definition) is 1. The van der Waals surface area contributed by atoms with E-state index in [1.54, 1.807) is 0 Å². The molecule has 0 aromatic rings. The summed E-state index contributed by atoms with van der Waals surface area (Å²) < 4.78 is 9.99. The van der Waals surface area contributed by atoms with Gasteiger partial charge in [-0.1, -0.05) is 19.3 Å². The van der Waals surface area contributed by atoms with E-state index in [0.29, 0.717) is 0 Å². The molecule has 1 saturated carbocycles. The van der Waals surface area contributed by atoms with E-state index in [1.165, 1.54) is 26.4 Å². The number of esters is 1. The molecule has 0 amide bonds. The van der Waals surface area contributed by atoms with Crippen molar-refractivity contribution in [3.05, 3.63) is 0 Å². The number of halogens is 1. The molecule has 84 valence electrons. The Kier molecular flexibility index (Phi) is 6.87. The molecule has 1 fully saturated rings. The van der Waals surface area contributed by atoms with Gasteiger partial charge < -0.3 is 27.6 Å². The van der Waals surface area contributed by atoms with Crippen molar-refractivity contribution >= 4 is 5.97 Å². The van der Waals surface area contributed by atoms with Crippen LogP contribution in [-0.4, -0.2) is 25.4 Å². The molecule has 0 spiro atoms. The average Bonchev–Trinajstić information content (AvgIpc) is 2.18. The first-order valence-electron chi connectivity index (χ1n) is 4.80. The number of methoxy groups -OCH3 is 1. The minimum Gasteiger partial charge on any atom is -1.00 e. The van der Waals surface area contributed by atoms with Crippen molar-refractivity contribution in [1.82, 2.24) is 0 Å². The maximum atomic E-state index is 11.0. The summed E-state index contributed by atoms with van der Waals surface area (Å²) in [6.45, 7) is 0. The van der Waals surface area contributed by atoms with E-state index < -0.39 is 6.23 Å². The van der Waals surface area contributed by atoms with Crippen LogP contribution in [0.5, 0.6) is 0 Å². The highest BCUT2D eigenvalue weighted by atomic mass is 35.5. The second kappa shape index (κ2) is 7.04. The lowest BCUT2D eigenvalue weighted by Crippen LogP contribution is -3.00. The molecule has 1 aliphatic carbocycles. The third kappa shape index (κ3) is 4.26. The van der Waals surface area contributed by atoms with Gasteiger partial charge in [-0.15, -0.1) is 0 Å². The van der Waals surface area contributed by atoms with Crippen molar-refractivity contribution in [2.24, 2.45) is 0 Å². The van der Waals surface area contributed by atoms with Gasteiger partial charge >= 0.3 is 5.97 Å². The van der Waals surface area contributed by atoms with Gasteiger partial charge in [-0.25, -0.2) is 4.79 Å². The summed E-state index contributed by atoms with van der Waals surface area (Å²) >= 11 is 0. The molecule has 4 nitrogen and oxygen atoms in total. The van der Waals surface area contributed by atoms with Gasteiger partial charge in [0, 0.05) is 0 Å². The van der Waals surface area contributed by atoms with Gasteiger partial charge in [0.25, 0.3) is 6.23 Å². The molecule has 5 heteroatoms. The first kappa shape index (κ1) is 13.7. The number of rotatable bonds is 3. The molecule has 0 heterocycles. The zero-order valence-corrected chi connectivity index (χ0v) is 9.26. The molecule has 0 aliphatic heterocycles. The smallest absolute Gasteiger partial charge is 0.394 e. The van der Waals surface area contributed by atoms with E-state index in [4.69, 9.17) is 4.74 Å². The van der Waals surface area contributed by atoms with Gasteiger partial charge in [0.1, 0.15) is 0 Å². The molecule has 0 radical (unpaired) electrons. The lowest BCUT2D eigenvalue weighted by atomic mass is 9.98. The summed E-state index contributed by atoms with van der Waals surface area (Å²) in [5, 5.41) is 0. The van der Waals surface area contributed by atoms with E-state index in [1.807, 2.05) is 0 Å². The molecular weight excluding hydrogens is 206 g/mol. The van der Waals surface area contributed by atoms with Gasteiger partial charge in [-0.3, -0.25) is 0 Å². The van der Waals surface area contributed by atoms with Gasteiger partial charge in [-0.05, 0) is 12.8 Å². The molecule has 1 unspecified atom stereocenters. The van der Waals surface area contributed by atoms with E-state index in [9.17, 15) is 4.79 Å². The normalized spacial score (nSPS) is 19.6. The molecule has 14 heavy (non-hydrogen) atoms. The summed E-state index contributed by atoms with van der Waals surface area (Å²) in [5.41, 5.74) is 3.61. The summed E-state index contributed by atoms with van der Waals surface area (Å²) in [5.74, 6) is -0.384. The Morgan fingerprint density at radius 1 is 1.36 bits per heavy atom. The molecular formula is C9H18ClNO3. The second-order valence-corrected chi connectivity index (χ2v) is 3.41. The van der Waals surface area contributed by atoms with Crippen LogP contribution < -0.4 is 18.1 Å². The number of quaternary nitrogens is 1. The van der Waals surface area contributed by atoms with E-state index in [0.717, 1.165) is 12.8 Å². The fourth-order valence-corrected chi connectivity index (χ4v) is 1.62. The highest BCUT2D eigenvalue weighted by Gasteiger charge is 2.24. The zero-order valence-electron chi connectivity index (χ0n) is 8.50. The highest BCUT2D eigenvalue weighted by Crippen LogP contribution is 2.20. The van der Waals surface area contributed by atoms with Crippen LogP contribution >= 0.6 is 0 Å². The molecule has 1 rings (SSSR count). The number of hydrogen-bond acceptors (Lipinski definition) is 3. The van der Waals surface area contributed by atoms with Crippen molar-refractivity contribution in [2.45, 2.75) is 44.4 Å². The van der Waals surface area contributed by atoms with Crippen LogP contribution in [0.1, 0.15) is 32.1 Å². The van der Waals surface area contributed by atoms with E-state index in [-0.39, 0.29) is 24.5 Å². The largest absolute Gasteiger partial charge is 1.00 e. The molecule has 0 aromatic carbocycles. The minimum atomic E-state index is -0.659. The third-order valence-corrected chi connectivity index (χ3v) is 2.37. The van der Waals surface area contributed by atoms with E-state index >= 15 is 0 Å². The lowest BCUT2D eigenvalue weighted by molar-refractivity contribution is -0.482. The Morgan fingerprint density at radius 2 is 1.93 bits per heavy atom. The van der Waals surface area contributed by atoms with Crippen LogP contribution in [0, 0.1) is 0 Å². The quantitative estimate of drug-likeness (QED) is 0.412. The predicted octanol–water partition coefficient (Wildman–Crippen LogP) is -2.92. The van der Waals surface area contributed by atoms with E-state index in [2.05, 4.69) is 10.5 Å². The average molecular weight is 224 g/mol. The summed E-state index contributed by atoms with van der Waals surface area (Å²) in [4.78, 5) is 11.0. The van der Waals surface area contributed by atoms with Gasteiger partial charge in [-0.2, -0.15) is 0 Å². The Bertz CT molecular complexity index is 171. The van der Waals surface area contributed by atoms with Gasteiger partial charge in [0.2, 0.25) is 0 Å². The molecule has 0 saturated heterocycles. The van der Waals surface area contributed by atoms with Crippen LogP contribution in [-0.2, 0) is 14.3 Å². The Morgan fingerprint density at radius 3 is 2.43 bits per heavy atom. The van der Waals surface area contributed by atoms with Crippen molar-refractivity contribution in [3.8, 4) is 0 Å². The fraction of sp³-hybridized carbons (Fsp3) is 0.889. The SMILES string of the molecule is COC(=O)C([NH3+])OC1CCCCC1.[Cl-]. The topological polar surface area (TPSA) is 63.2 Å². The first-order valence-corrected chi connectivity index (χ1v) is 4.80. The molecule has 0 aromatic heterocycles. The van der Waals surface area contributed by atoms with Crippen LogP contribution in [0.2, 0.25) is 0 Å². The van der Waals surface area contributed by atoms with Crippen molar-refractivity contribution in [3.63, 3.8) is 0 Å². The molecule has 3 N–H and O–H groups in total. The summed E-state index contributed by atoms with van der Waals surface area (Å²) in [6, 6.07) is 0. The fourth-order valence-electron chi connectivity index (χ4n) is 1.62. The minimum absolute atomic E-state index is 0. The van der Waals surface area contributed by atoms with Crippen molar-refractivity contribution in [2.75, 3.05) is 7.11 Å². The number of ether oxygens (including phenoxy) is 2. The van der Waals surface area contributed by atoms with Crippen LogP contribution in [0.25, 0.3) is 0 Å². The molecule has 0 bridgehead atoms. The maximum Gasteiger partial charge on any atom is 0.394 e. The van der Waals surface area contributed by atoms with Gasteiger partial charge in [0.15, 0.2) is 0 Å². The maximum absolute atomic E-state index is 11.0. The summed E-state index contributed by atoms with van der Waals surface area (Å²) in [7, 11) is 1.35. The summed E-state index contributed by atoms with van der Waals surface area (Å²) in [6.07, 6.45) is 5.30. The molecule has 1 atom stereocenters. The Balaban J connectivity index is 0.00000169. The van der Waals surface area contributed by atoms with Gasteiger partial charge in [0.05, 0.1) is 13.2 Å². The third-order valence-electron chi connectivity index (χ3n) is 2.37. The van der Waals surface area contributed by atoms with Crippen LogP contribution in [0.15, 0.2) is 0 Å². The predicted molar refractivity (Wildman–Crippen MR) is 46.7 cm³/mol. The Hall–Kier alpha value is -0.320.